The Kier molecular flexibility index (Phi) is 9.32. The van der Waals surface area contributed by atoms with Gasteiger partial charge in [0.2, 0.25) is 0 Å². The number of rotatable bonds is 7. The average Bonchev–Trinajstić information content (AvgIpc) is 3.39. The third-order valence-corrected chi connectivity index (χ3v) is 11.8. The minimum atomic E-state index is 0.0608. The molecule has 5 aromatic carbocycles. The summed E-state index contributed by atoms with van der Waals surface area (Å²) in [5.74, 6) is 0.815. The lowest BCUT2D eigenvalue weighted by Gasteiger charge is -2.22. The van der Waals surface area contributed by atoms with E-state index in [1.165, 1.54) is 27.8 Å². The van der Waals surface area contributed by atoms with Crippen molar-refractivity contribution in [3.8, 4) is 72.8 Å². The van der Waals surface area contributed by atoms with E-state index < -0.39 is 0 Å². The van der Waals surface area contributed by atoms with Crippen molar-refractivity contribution in [3.05, 3.63) is 162 Å². The summed E-state index contributed by atoms with van der Waals surface area (Å²) in [6, 6.07) is 46.2. The summed E-state index contributed by atoms with van der Waals surface area (Å²) in [6.07, 6.45) is 5.12. The molecule has 280 valence electrons. The number of ether oxygens (including phenoxy) is 1. The molecule has 56 heavy (non-hydrogen) atoms. The molecule has 3 heteroatoms. The van der Waals surface area contributed by atoms with Crippen LogP contribution in [-0.2, 0) is 16.2 Å². The highest BCUT2D eigenvalue weighted by molar-refractivity contribution is 5.90. The zero-order valence-electron chi connectivity index (χ0n) is 34.3. The molecule has 0 radical (unpaired) electrons. The number of aromatic nitrogens is 2. The molecule has 0 bridgehead atoms. The number of hydrogen-bond donors (Lipinski definition) is 0. The fourth-order valence-electron chi connectivity index (χ4n) is 9.00. The lowest BCUT2D eigenvalue weighted by atomic mass is 9.82. The van der Waals surface area contributed by atoms with Crippen LogP contribution in [0.25, 0.3) is 67.0 Å². The SMILES string of the molecule is COc1cc(-c2ccccc2-c2ccc(-c3cc(C(C)(C)C)ccn3)cc2)cc(-c2ccccc2-c2cnc(-c3ccc4c(c3)C(C)(C)CC4(C)C)cc2C)c1. The lowest BCUT2D eigenvalue weighted by Crippen LogP contribution is -2.17. The van der Waals surface area contributed by atoms with Crippen LogP contribution in [-0.4, -0.2) is 17.1 Å². The number of fused-ring (bicyclic) bond motifs is 1. The number of methoxy groups -OCH3 is 1. The van der Waals surface area contributed by atoms with E-state index in [1.807, 2.05) is 6.20 Å². The molecule has 1 aliphatic rings. The summed E-state index contributed by atoms with van der Waals surface area (Å²) in [7, 11) is 1.75. The number of benzene rings is 5. The third-order valence-electron chi connectivity index (χ3n) is 11.8. The lowest BCUT2D eigenvalue weighted by molar-refractivity contribution is 0.403. The van der Waals surface area contributed by atoms with Gasteiger partial charge in [0.15, 0.2) is 0 Å². The highest BCUT2D eigenvalue weighted by Gasteiger charge is 2.41. The second kappa shape index (κ2) is 14.0. The van der Waals surface area contributed by atoms with E-state index in [9.17, 15) is 0 Å². The quantitative estimate of drug-likeness (QED) is 0.164. The van der Waals surface area contributed by atoms with E-state index in [1.54, 1.807) is 7.11 Å². The molecule has 0 atom stereocenters. The predicted molar refractivity (Wildman–Crippen MR) is 235 cm³/mol. The molecule has 7 aromatic rings. The highest BCUT2D eigenvalue weighted by atomic mass is 16.5. The van der Waals surface area contributed by atoms with Crippen molar-refractivity contribution in [3.63, 3.8) is 0 Å². The van der Waals surface area contributed by atoms with Crippen molar-refractivity contribution in [2.75, 3.05) is 7.11 Å². The Morgan fingerprint density at radius 1 is 0.518 bits per heavy atom. The van der Waals surface area contributed by atoms with Gasteiger partial charge in [-0.05, 0) is 133 Å². The fourth-order valence-corrected chi connectivity index (χ4v) is 9.00. The van der Waals surface area contributed by atoms with Crippen molar-refractivity contribution in [1.29, 1.82) is 0 Å². The normalized spacial score (nSPS) is 14.4. The monoisotopic (exact) mass is 732 g/mol. The van der Waals surface area contributed by atoms with Gasteiger partial charge in [0.1, 0.15) is 5.75 Å². The molecule has 2 heterocycles. The Morgan fingerprint density at radius 3 is 1.70 bits per heavy atom. The van der Waals surface area contributed by atoms with E-state index in [4.69, 9.17) is 14.7 Å². The van der Waals surface area contributed by atoms with Crippen LogP contribution in [0.5, 0.6) is 5.75 Å². The van der Waals surface area contributed by atoms with Gasteiger partial charge in [-0.15, -0.1) is 0 Å². The summed E-state index contributed by atoms with van der Waals surface area (Å²) in [5.41, 5.74) is 19.1. The average molecular weight is 733 g/mol. The largest absolute Gasteiger partial charge is 0.497 e. The Balaban J connectivity index is 1.15. The molecule has 8 rings (SSSR count). The zero-order valence-corrected chi connectivity index (χ0v) is 34.3. The van der Waals surface area contributed by atoms with Crippen LogP contribution in [0.1, 0.15) is 77.1 Å². The molecule has 0 unspecified atom stereocenters. The maximum absolute atomic E-state index is 5.96. The molecule has 0 saturated heterocycles. The predicted octanol–water partition coefficient (Wildman–Crippen LogP) is 14.1. The van der Waals surface area contributed by atoms with E-state index in [2.05, 4.69) is 189 Å². The van der Waals surface area contributed by atoms with Crippen molar-refractivity contribution in [2.24, 2.45) is 0 Å². The van der Waals surface area contributed by atoms with Crippen LogP contribution in [0.15, 0.2) is 140 Å². The first-order valence-corrected chi connectivity index (χ1v) is 19.8. The summed E-state index contributed by atoms with van der Waals surface area (Å²) in [6.45, 7) is 18.4. The first-order chi connectivity index (χ1) is 26.7. The molecule has 0 aliphatic heterocycles. The molecule has 0 amide bonds. The molecule has 3 nitrogen and oxygen atoms in total. The third kappa shape index (κ3) is 6.96. The summed E-state index contributed by atoms with van der Waals surface area (Å²) < 4.78 is 5.96. The number of aryl methyl sites for hydroxylation is 1. The van der Waals surface area contributed by atoms with Crippen LogP contribution in [0.4, 0.5) is 0 Å². The standard InChI is InChI=1S/C53H52N2O/c1-34-26-49(37-22-23-47-48(30-37)53(7,8)33-52(47,5)6)55-32-46(34)45-17-13-12-16-44(45)39-27-38(28-41(29-39)56-9)43-15-11-10-14-42(43)35-18-20-36(21-19-35)50-31-40(24-25-54-50)51(2,3)4/h10-32H,33H2,1-9H3. The molecule has 0 saturated carbocycles. The van der Waals surface area contributed by atoms with Gasteiger partial charge in [0.05, 0.1) is 18.5 Å². The van der Waals surface area contributed by atoms with Crippen LogP contribution >= 0.6 is 0 Å². The van der Waals surface area contributed by atoms with Crippen molar-refractivity contribution in [1.82, 2.24) is 9.97 Å². The number of nitrogens with zero attached hydrogens (tertiary/aromatic N) is 2. The van der Waals surface area contributed by atoms with Gasteiger partial charge in [0.25, 0.3) is 0 Å². The van der Waals surface area contributed by atoms with Gasteiger partial charge < -0.3 is 4.74 Å². The van der Waals surface area contributed by atoms with E-state index in [-0.39, 0.29) is 16.2 Å². The van der Waals surface area contributed by atoms with Gasteiger partial charge in [0, 0.05) is 29.1 Å². The van der Waals surface area contributed by atoms with Gasteiger partial charge in [-0.25, -0.2) is 0 Å². The van der Waals surface area contributed by atoms with Crippen molar-refractivity contribution in [2.45, 2.75) is 78.1 Å². The van der Waals surface area contributed by atoms with Gasteiger partial charge in [-0.1, -0.05) is 133 Å². The van der Waals surface area contributed by atoms with Gasteiger partial charge in [-0.2, -0.15) is 0 Å². The number of pyridine rings is 2. The highest BCUT2D eigenvalue weighted by Crippen LogP contribution is 2.50. The Hall–Kier alpha value is -5.80. The van der Waals surface area contributed by atoms with E-state index in [0.29, 0.717) is 0 Å². The first kappa shape index (κ1) is 37.1. The summed E-state index contributed by atoms with van der Waals surface area (Å²) >= 11 is 0. The van der Waals surface area contributed by atoms with Crippen LogP contribution in [0.3, 0.4) is 0 Å². The minimum Gasteiger partial charge on any atom is -0.497 e. The van der Waals surface area contributed by atoms with Gasteiger partial charge >= 0.3 is 0 Å². The Morgan fingerprint density at radius 2 is 1.07 bits per heavy atom. The zero-order chi connectivity index (χ0) is 39.4. The molecule has 0 fully saturated rings. The Bertz CT molecular complexity index is 2590. The van der Waals surface area contributed by atoms with Crippen LogP contribution < -0.4 is 4.74 Å². The minimum absolute atomic E-state index is 0.0608. The molecule has 2 aromatic heterocycles. The maximum Gasteiger partial charge on any atom is 0.120 e. The van der Waals surface area contributed by atoms with Crippen molar-refractivity contribution >= 4 is 0 Å². The van der Waals surface area contributed by atoms with Gasteiger partial charge in [-0.3, -0.25) is 9.97 Å². The van der Waals surface area contributed by atoms with Crippen molar-refractivity contribution < 1.29 is 4.74 Å². The molecular formula is C53H52N2O. The topological polar surface area (TPSA) is 35.0 Å². The summed E-state index contributed by atoms with van der Waals surface area (Å²) in [4.78, 5) is 9.79. The Labute approximate surface area is 333 Å². The molecule has 1 aliphatic carbocycles. The second-order valence-corrected chi connectivity index (χ2v) is 17.9. The van der Waals surface area contributed by atoms with Crippen LogP contribution in [0, 0.1) is 6.92 Å². The number of hydrogen-bond acceptors (Lipinski definition) is 3. The molecular weight excluding hydrogens is 681 g/mol. The molecule has 0 N–H and O–H groups in total. The fraction of sp³-hybridized carbons (Fsp3) is 0.245. The second-order valence-electron chi connectivity index (χ2n) is 17.9. The molecule has 0 spiro atoms. The van der Waals surface area contributed by atoms with E-state index >= 15 is 0 Å². The maximum atomic E-state index is 5.96. The summed E-state index contributed by atoms with van der Waals surface area (Å²) in [5, 5.41) is 0. The smallest absolute Gasteiger partial charge is 0.120 e. The van der Waals surface area contributed by atoms with E-state index in [0.717, 1.165) is 73.6 Å². The van der Waals surface area contributed by atoms with Crippen LogP contribution in [0.2, 0.25) is 0 Å². The first-order valence-electron chi connectivity index (χ1n) is 19.8.